The van der Waals surface area contributed by atoms with Crippen molar-refractivity contribution in [2.75, 3.05) is 20.1 Å². The van der Waals surface area contributed by atoms with E-state index in [0.29, 0.717) is 5.91 Å². The van der Waals surface area contributed by atoms with E-state index in [-0.39, 0.29) is 13.5 Å². The smallest absolute Gasteiger partial charge is 0.255 e. The molecule has 1 saturated heterocycles. The summed E-state index contributed by atoms with van der Waals surface area (Å²) in [6, 6.07) is 0.887. The van der Waals surface area contributed by atoms with E-state index >= 15 is 0 Å². The molecule has 4 heteroatoms. The zero-order valence-electron chi connectivity index (χ0n) is 11.4. The molecule has 4 nitrogen and oxygen atoms in total. The summed E-state index contributed by atoms with van der Waals surface area (Å²) in [5.74, 6) is 1.15. The SMILES string of the molecule is C.CN(CCN1NC(CC2CC2)C1=O)C1CCCC1. The molecule has 3 rings (SSSR count). The van der Waals surface area contributed by atoms with E-state index in [9.17, 15) is 4.79 Å². The van der Waals surface area contributed by atoms with Crippen LogP contribution in [0.2, 0.25) is 0 Å². The van der Waals surface area contributed by atoms with Gasteiger partial charge in [-0.2, -0.15) is 0 Å². The lowest BCUT2D eigenvalue weighted by molar-refractivity contribution is -0.153. The third kappa shape index (κ3) is 3.48. The van der Waals surface area contributed by atoms with E-state index in [1.807, 2.05) is 5.01 Å². The van der Waals surface area contributed by atoms with E-state index in [2.05, 4.69) is 17.4 Å². The molecule has 1 atom stereocenters. The van der Waals surface area contributed by atoms with Crippen LogP contribution in [0.4, 0.5) is 0 Å². The molecule has 2 saturated carbocycles. The van der Waals surface area contributed by atoms with Gasteiger partial charge in [0.1, 0.15) is 6.04 Å². The van der Waals surface area contributed by atoms with Crippen molar-refractivity contribution in [3.05, 3.63) is 0 Å². The molecule has 0 aromatic carbocycles. The zero-order valence-corrected chi connectivity index (χ0v) is 11.4. The Kier molecular flexibility index (Phi) is 4.85. The molecule has 1 heterocycles. The number of carbonyl (C=O) groups excluding carboxylic acids is 1. The van der Waals surface area contributed by atoms with Gasteiger partial charge in [0.2, 0.25) is 0 Å². The van der Waals surface area contributed by atoms with E-state index in [1.165, 1.54) is 38.5 Å². The van der Waals surface area contributed by atoms with Gasteiger partial charge in [-0.25, -0.2) is 5.43 Å². The second kappa shape index (κ2) is 6.23. The fourth-order valence-corrected chi connectivity index (χ4v) is 3.23. The number of nitrogens with zero attached hydrogens (tertiary/aromatic N) is 2. The van der Waals surface area contributed by atoms with Gasteiger partial charge in [-0.3, -0.25) is 9.80 Å². The maximum absolute atomic E-state index is 11.9. The molecular formula is C15H29N3O. The van der Waals surface area contributed by atoms with Crippen LogP contribution in [0.15, 0.2) is 0 Å². The highest BCUT2D eigenvalue weighted by Gasteiger charge is 2.39. The summed E-state index contributed by atoms with van der Waals surface area (Å²) in [7, 11) is 2.20. The number of carbonyl (C=O) groups is 1. The number of likely N-dealkylation sites (N-methyl/N-ethyl adjacent to an activating group) is 1. The van der Waals surface area contributed by atoms with Crippen molar-refractivity contribution in [2.24, 2.45) is 5.92 Å². The van der Waals surface area contributed by atoms with Gasteiger partial charge in [0.05, 0.1) is 6.54 Å². The molecule has 2 aliphatic carbocycles. The van der Waals surface area contributed by atoms with Gasteiger partial charge in [0, 0.05) is 12.6 Å². The van der Waals surface area contributed by atoms with Crippen molar-refractivity contribution in [1.82, 2.24) is 15.3 Å². The number of hydrogen-bond acceptors (Lipinski definition) is 3. The van der Waals surface area contributed by atoms with Crippen molar-refractivity contribution in [1.29, 1.82) is 0 Å². The lowest BCUT2D eigenvalue weighted by Crippen LogP contribution is -2.67. The third-order valence-corrected chi connectivity index (χ3v) is 4.77. The zero-order chi connectivity index (χ0) is 12.5. The Bertz CT molecular complexity index is 311. The van der Waals surface area contributed by atoms with Crippen LogP contribution in [0.5, 0.6) is 0 Å². The predicted molar refractivity (Wildman–Crippen MR) is 77.6 cm³/mol. The maximum Gasteiger partial charge on any atom is 0.255 e. The number of rotatable bonds is 6. The average molecular weight is 267 g/mol. The molecule has 3 aliphatic rings. The van der Waals surface area contributed by atoms with Crippen LogP contribution in [0.1, 0.15) is 52.4 Å². The Labute approximate surface area is 117 Å². The second-order valence-corrected chi connectivity index (χ2v) is 6.27. The molecule has 1 N–H and O–H groups in total. The van der Waals surface area contributed by atoms with Gasteiger partial charge in [-0.15, -0.1) is 0 Å². The van der Waals surface area contributed by atoms with Gasteiger partial charge >= 0.3 is 0 Å². The molecule has 110 valence electrons. The van der Waals surface area contributed by atoms with Gasteiger partial charge in [-0.05, 0) is 32.2 Å². The maximum atomic E-state index is 11.9. The molecular weight excluding hydrogens is 238 g/mol. The first-order valence-corrected chi connectivity index (χ1v) is 7.52. The fraction of sp³-hybridized carbons (Fsp3) is 0.933. The fourth-order valence-electron chi connectivity index (χ4n) is 3.23. The lowest BCUT2D eigenvalue weighted by Gasteiger charge is -2.40. The summed E-state index contributed by atoms with van der Waals surface area (Å²) >= 11 is 0. The minimum atomic E-state index is 0. The molecule has 1 unspecified atom stereocenters. The first-order valence-electron chi connectivity index (χ1n) is 7.52. The van der Waals surface area contributed by atoms with Crippen molar-refractivity contribution in [3.63, 3.8) is 0 Å². The predicted octanol–water partition coefficient (Wildman–Crippen LogP) is 2.01. The number of hydrazine groups is 1. The van der Waals surface area contributed by atoms with Crippen LogP contribution >= 0.6 is 0 Å². The second-order valence-electron chi connectivity index (χ2n) is 6.27. The van der Waals surface area contributed by atoms with E-state index < -0.39 is 0 Å². The topological polar surface area (TPSA) is 35.6 Å². The Hall–Kier alpha value is -0.610. The summed E-state index contributed by atoms with van der Waals surface area (Å²) < 4.78 is 0. The Morgan fingerprint density at radius 1 is 1.26 bits per heavy atom. The van der Waals surface area contributed by atoms with Gasteiger partial charge < -0.3 is 4.90 Å². The van der Waals surface area contributed by atoms with E-state index in [1.54, 1.807) is 0 Å². The molecule has 0 aromatic heterocycles. The highest BCUT2D eigenvalue weighted by Crippen LogP contribution is 2.35. The van der Waals surface area contributed by atoms with E-state index in [0.717, 1.165) is 31.5 Å². The number of hydrogen-bond donors (Lipinski definition) is 1. The lowest BCUT2D eigenvalue weighted by atomic mass is 10.1. The number of amides is 1. The summed E-state index contributed by atoms with van der Waals surface area (Å²) in [5, 5.41) is 1.82. The van der Waals surface area contributed by atoms with Gasteiger partial charge in [-0.1, -0.05) is 33.1 Å². The monoisotopic (exact) mass is 267 g/mol. The first-order chi connectivity index (χ1) is 8.74. The summed E-state index contributed by atoms with van der Waals surface area (Å²) in [4.78, 5) is 14.3. The molecule has 1 aliphatic heterocycles. The Balaban J connectivity index is 0.00000133. The summed E-state index contributed by atoms with van der Waals surface area (Å²) in [6.45, 7) is 1.84. The first kappa shape index (κ1) is 14.8. The van der Waals surface area contributed by atoms with Crippen molar-refractivity contribution >= 4 is 5.91 Å². The van der Waals surface area contributed by atoms with Gasteiger partial charge in [0.15, 0.2) is 0 Å². The quantitative estimate of drug-likeness (QED) is 0.799. The van der Waals surface area contributed by atoms with Crippen molar-refractivity contribution < 1.29 is 4.79 Å². The minimum absolute atomic E-state index is 0. The molecule has 0 bridgehead atoms. The van der Waals surface area contributed by atoms with Crippen LogP contribution in [-0.2, 0) is 4.79 Å². The molecule has 0 radical (unpaired) electrons. The highest BCUT2D eigenvalue weighted by atomic mass is 16.2. The standard InChI is InChI=1S/C14H25N3O.CH4/c1-16(12-4-2-3-5-12)8-9-17-14(18)13(15-17)10-11-6-7-11;/h11-13,15H,2-10H2,1H3;1H4. The van der Waals surface area contributed by atoms with E-state index in [4.69, 9.17) is 0 Å². The van der Waals surface area contributed by atoms with Crippen molar-refractivity contribution in [2.45, 2.75) is 64.5 Å². The normalized spacial score (nSPS) is 27.6. The average Bonchev–Trinajstić information content (AvgIpc) is 3.02. The molecule has 0 spiro atoms. The molecule has 3 fully saturated rings. The van der Waals surface area contributed by atoms with Crippen molar-refractivity contribution in [3.8, 4) is 0 Å². The Morgan fingerprint density at radius 3 is 2.53 bits per heavy atom. The van der Waals surface area contributed by atoms with Crippen LogP contribution in [0.3, 0.4) is 0 Å². The van der Waals surface area contributed by atoms with Crippen LogP contribution < -0.4 is 5.43 Å². The summed E-state index contributed by atoms with van der Waals surface area (Å²) in [6.07, 6.45) is 9.14. The van der Waals surface area contributed by atoms with Gasteiger partial charge in [0.25, 0.3) is 5.91 Å². The van der Waals surface area contributed by atoms with Crippen LogP contribution in [-0.4, -0.2) is 48.0 Å². The molecule has 0 aromatic rings. The Morgan fingerprint density at radius 2 is 1.95 bits per heavy atom. The molecule has 1 amide bonds. The van der Waals surface area contributed by atoms with Crippen LogP contribution in [0, 0.1) is 5.92 Å². The minimum Gasteiger partial charge on any atom is -0.302 e. The highest BCUT2D eigenvalue weighted by molar-refractivity contribution is 5.86. The third-order valence-electron chi connectivity index (χ3n) is 4.77. The largest absolute Gasteiger partial charge is 0.302 e. The summed E-state index contributed by atoms with van der Waals surface area (Å²) in [5.41, 5.74) is 3.30. The number of nitrogens with one attached hydrogen (secondary N) is 1. The molecule has 19 heavy (non-hydrogen) atoms. The van der Waals surface area contributed by atoms with Crippen LogP contribution in [0.25, 0.3) is 0 Å².